The van der Waals surface area contributed by atoms with Gasteiger partial charge in [-0.1, -0.05) is 12.1 Å². The second kappa shape index (κ2) is 4.61. The summed E-state index contributed by atoms with van der Waals surface area (Å²) in [5.74, 6) is -0.117. The van der Waals surface area contributed by atoms with E-state index in [0.29, 0.717) is 6.54 Å². The summed E-state index contributed by atoms with van der Waals surface area (Å²) in [6.45, 7) is 1.20. The molecule has 3 nitrogen and oxygen atoms in total. The van der Waals surface area contributed by atoms with Crippen LogP contribution in [0, 0.1) is 5.82 Å². The normalized spacial score (nSPS) is 21.2. The molecule has 4 heteroatoms. The minimum Gasteiger partial charge on any atom is -0.340 e. The van der Waals surface area contributed by atoms with Crippen molar-refractivity contribution >= 4 is 5.91 Å². The second-order valence-electron chi connectivity index (χ2n) is 4.12. The smallest absolute Gasteiger partial charge is 0.236 e. The van der Waals surface area contributed by atoms with Crippen molar-refractivity contribution in [1.82, 2.24) is 10.2 Å². The lowest BCUT2D eigenvalue weighted by Crippen LogP contribution is -2.53. The highest BCUT2D eigenvalue weighted by Crippen LogP contribution is 2.10. The number of piperazine rings is 1. The molecule has 16 heavy (non-hydrogen) atoms. The Hall–Kier alpha value is -1.42. The molecule has 1 atom stereocenters. The first-order chi connectivity index (χ1) is 7.66. The standard InChI is InChI=1S/C12H15FN2O/c1-15-11(7-14-8-12(15)16)6-9-2-4-10(13)5-3-9/h2-5,11,14H,6-8H2,1H3. The predicted molar refractivity (Wildman–Crippen MR) is 59.5 cm³/mol. The molecule has 2 rings (SSSR count). The van der Waals surface area contributed by atoms with Gasteiger partial charge in [0.1, 0.15) is 5.82 Å². The van der Waals surface area contributed by atoms with E-state index in [-0.39, 0.29) is 17.8 Å². The molecule has 1 aliphatic rings. The third-order valence-electron chi connectivity index (χ3n) is 2.98. The van der Waals surface area contributed by atoms with Gasteiger partial charge in [0, 0.05) is 19.6 Å². The number of carbonyl (C=O) groups is 1. The minimum absolute atomic E-state index is 0.110. The maximum Gasteiger partial charge on any atom is 0.236 e. The average Bonchev–Trinajstić information content (AvgIpc) is 2.28. The molecule has 0 saturated carbocycles. The summed E-state index contributed by atoms with van der Waals surface area (Å²) < 4.78 is 12.7. The lowest BCUT2D eigenvalue weighted by Gasteiger charge is -2.33. The number of hydrogen-bond acceptors (Lipinski definition) is 2. The lowest BCUT2D eigenvalue weighted by atomic mass is 10.0. The van der Waals surface area contributed by atoms with Gasteiger partial charge in [0.15, 0.2) is 0 Å². The number of hydrogen-bond donors (Lipinski definition) is 1. The molecule has 86 valence electrons. The number of benzene rings is 1. The zero-order valence-electron chi connectivity index (χ0n) is 9.24. The Morgan fingerprint density at radius 3 is 2.81 bits per heavy atom. The van der Waals surface area contributed by atoms with Gasteiger partial charge in [-0.3, -0.25) is 4.79 Å². The van der Waals surface area contributed by atoms with E-state index in [4.69, 9.17) is 0 Å². The Bertz CT molecular complexity index is 377. The largest absolute Gasteiger partial charge is 0.340 e. The summed E-state index contributed by atoms with van der Waals surface area (Å²) in [6, 6.07) is 6.59. The number of halogens is 1. The highest BCUT2D eigenvalue weighted by molar-refractivity contribution is 5.79. The van der Waals surface area contributed by atoms with E-state index in [1.807, 2.05) is 7.05 Å². The number of carbonyl (C=O) groups excluding carboxylic acids is 1. The van der Waals surface area contributed by atoms with E-state index >= 15 is 0 Å². The second-order valence-corrected chi connectivity index (χ2v) is 4.12. The van der Waals surface area contributed by atoms with Gasteiger partial charge >= 0.3 is 0 Å². The van der Waals surface area contributed by atoms with E-state index < -0.39 is 0 Å². The molecule has 0 aliphatic carbocycles. The number of amides is 1. The highest BCUT2D eigenvalue weighted by Gasteiger charge is 2.24. The van der Waals surface area contributed by atoms with Crippen LogP contribution >= 0.6 is 0 Å². The topological polar surface area (TPSA) is 32.3 Å². The molecule has 1 heterocycles. The summed E-state index contributed by atoms with van der Waals surface area (Å²) in [7, 11) is 1.82. The maximum absolute atomic E-state index is 12.7. The van der Waals surface area contributed by atoms with Crippen molar-refractivity contribution in [2.75, 3.05) is 20.1 Å². The van der Waals surface area contributed by atoms with E-state index in [1.54, 1.807) is 17.0 Å². The summed E-state index contributed by atoms with van der Waals surface area (Å²) in [5, 5.41) is 3.08. The first-order valence-electron chi connectivity index (χ1n) is 5.37. The molecule has 1 aromatic carbocycles. The summed E-state index contributed by atoms with van der Waals surface area (Å²) >= 11 is 0. The Morgan fingerprint density at radius 1 is 1.44 bits per heavy atom. The summed E-state index contributed by atoms with van der Waals surface area (Å²) in [6.07, 6.45) is 0.759. The zero-order valence-corrected chi connectivity index (χ0v) is 9.24. The molecular formula is C12H15FN2O. The van der Waals surface area contributed by atoms with Gasteiger partial charge in [-0.05, 0) is 24.1 Å². The van der Waals surface area contributed by atoms with Crippen molar-refractivity contribution in [3.8, 4) is 0 Å². The van der Waals surface area contributed by atoms with Crippen molar-refractivity contribution in [2.24, 2.45) is 0 Å². The molecule has 1 aromatic rings. The lowest BCUT2D eigenvalue weighted by molar-refractivity contribution is -0.133. The van der Waals surface area contributed by atoms with Crippen LogP contribution in [0.25, 0.3) is 0 Å². The van der Waals surface area contributed by atoms with Gasteiger partial charge in [-0.15, -0.1) is 0 Å². The SMILES string of the molecule is CN1C(=O)CNCC1Cc1ccc(F)cc1. The van der Waals surface area contributed by atoms with Crippen molar-refractivity contribution in [1.29, 1.82) is 0 Å². The molecule has 0 radical (unpaired) electrons. The molecule has 0 bridgehead atoms. The van der Waals surface area contributed by atoms with Crippen LogP contribution in [-0.4, -0.2) is 37.0 Å². The molecule has 1 saturated heterocycles. The minimum atomic E-state index is -0.227. The fourth-order valence-electron chi connectivity index (χ4n) is 1.91. The van der Waals surface area contributed by atoms with Gasteiger partial charge in [-0.25, -0.2) is 4.39 Å². The van der Waals surface area contributed by atoms with Gasteiger partial charge in [0.05, 0.1) is 6.54 Å². The Labute approximate surface area is 94.3 Å². The van der Waals surface area contributed by atoms with E-state index in [1.165, 1.54) is 12.1 Å². The molecule has 0 spiro atoms. The highest BCUT2D eigenvalue weighted by atomic mass is 19.1. The van der Waals surface area contributed by atoms with Crippen LogP contribution in [-0.2, 0) is 11.2 Å². The van der Waals surface area contributed by atoms with Gasteiger partial charge in [0.25, 0.3) is 0 Å². The van der Waals surface area contributed by atoms with E-state index in [9.17, 15) is 9.18 Å². The van der Waals surface area contributed by atoms with Crippen LogP contribution in [0.15, 0.2) is 24.3 Å². The Morgan fingerprint density at radius 2 is 2.12 bits per heavy atom. The third-order valence-corrected chi connectivity index (χ3v) is 2.98. The van der Waals surface area contributed by atoms with Crippen molar-refractivity contribution < 1.29 is 9.18 Å². The average molecular weight is 222 g/mol. The molecular weight excluding hydrogens is 207 g/mol. The fraction of sp³-hybridized carbons (Fsp3) is 0.417. The summed E-state index contributed by atoms with van der Waals surface area (Å²) in [4.78, 5) is 13.2. The first kappa shape index (κ1) is 11.1. The Kier molecular flexibility index (Phi) is 3.19. The zero-order chi connectivity index (χ0) is 11.5. The maximum atomic E-state index is 12.7. The van der Waals surface area contributed by atoms with Crippen molar-refractivity contribution in [2.45, 2.75) is 12.5 Å². The fourth-order valence-corrected chi connectivity index (χ4v) is 1.91. The van der Waals surface area contributed by atoms with Gasteiger partial charge < -0.3 is 10.2 Å². The van der Waals surface area contributed by atoms with Crippen LogP contribution in [0.4, 0.5) is 4.39 Å². The van der Waals surface area contributed by atoms with Crippen LogP contribution in [0.3, 0.4) is 0 Å². The van der Waals surface area contributed by atoms with Gasteiger partial charge in [-0.2, -0.15) is 0 Å². The molecule has 1 amide bonds. The molecule has 1 N–H and O–H groups in total. The van der Waals surface area contributed by atoms with Crippen molar-refractivity contribution in [3.63, 3.8) is 0 Å². The third kappa shape index (κ3) is 2.39. The number of nitrogens with zero attached hydrogens (tertiary/aromatic N) is 1. The van der Waals surface area contributed by atoms with Crippen LogP contribution in [0.1, 0.15) is 5.56 Å². The molecule has 1 unspecified atom stereocenters. The van der Waals surface area contributed by atoms with E-state index in [0.717, 1.165) is 18.5 Å². The van der Waals surface area contributed by atoms with Crippen LogP contribution < -0.4 is 5.32 Å². The molecule has 1 aliphatic heterocycles. The summed E-state index contributed by atoms with van der Waals surface area (Å²) in [5.41, 5.74) is 1.05. The van der Waals surface area contributed by atoms with E-state index in [2.05, 4.69) is 5.32 Å². The molecule has 0 aromatic heterocycles. The number of nitrogens with one attached hydrogen (secondary N) is 1. The number of rotatable bonds is 2. The predicted octanol–water partition coefficient (Wildman–Crippen LogP) is 0.798. The quantitative estimate of drug-likeness (QED) is 0.802. The number of likely N-dealkylation sites (N-methyl/N-ethyl adjacent to an activating group) is 1. The van der Waals surface area contributed by atoms with Gasteiger partial charge in [0.2, 0.25) is 5.91 Å². The first-order valence-corrected chi connectivity index (χ1v) is 5.37. The monoisotopic (exact) mass is 222 g/mol. The molecule has 1 fully saturated rings. The van der Waals surface area contributed by atoms with Crippen molar-refractivity contribution in [3.05, 3.63) is 35.6 Å². The Balaban J connectivity index is 2.03. The van der Waals surface area contributed by atoms with Crippen LogP contribution in [0.2, 0.25) is 0 Å². The van der Waals surface area contributed by atoms with Crippen LogP contribution in [0.5, 0.6) is 0 Å².